The SMILES string of the molecule is c1ccc(B2c3cc4ccccc4cc3-c3ccccc3N2c2ccccc2)cc1. The van der Waals surface area contributed by atoms with E-state index in [1.165, 1.54) is 44.2 Å². The van der Waals surface area contributed by atoms with E-state index >= 15 is 0 Å². The van der Waals surface area contributed by atoms with Crippen LogP contribution in [0.4, 0.5) is 11.4 Å². The van der Waals surface area contributed by atoms with E-state index in [1.54, 1.807) is 0 Å². The molecule has 6 rings (SSSR count). The Bertz CT molecular complexity index is 1350. The topological polar surface area (TPSA) is 3.24 Å². The van der Waals surface area contributed by atoms with E-state index in [2.05, 4.69) is 126 Å². The maximum atomic E-state index is 2.49. The third-order valence-corrected chi connectivity index (χ3v) is 6.07. The predicted octanol–water partition coefficient (Wildman–Crippen LogP) is 5.76. The fourth-order valence-electron chi connectivity index (χ4n) is 4.75. The molecule has 0 spiro atoms. The van der Waals surface area contributed by atoms with E-state index in [-0.39, 0.29) is 6.85 Å². The van der Waals surface area contributed by atoms with Crippen LogP contribution in [0.3, 0.4) is 0 Å². The third kappa shape index (κ3) is 2.65. The lowest BCUT2D eigenvalue weighted by molar-refractivity contribution is 1.37. The quantitative estimate of drug-likeness (QED) is 0.351. The lowest BCUT2D eigenvalue weighted by Gasteiger charge is -2.39. The summed E-state index contributed by atoms with van der Waals surface area (Å²) in [5, 5.41) is 2.57. The van der Waals surface area contributed by atoms with E-state index in [4.69, 9.17) is 0 Å². The minimum Gasteiger partial charge on any atom is -0.376 e. The lowest BCUT2D eigenvalue weighted by Crippen LogP contribution is -2.57. The highest BCUT2D eigenvalue weighted by Crippen LogP contribution is 2.40. The van der Waals surface area contributed by atoms with E-state index in [0.717, 1.165) is 0 Å². The lowest BCUT2D eigenvalue weighted by atomic mass is 9.45. The Morgan fingerprint density at radius 2 is 1.10 bits per heavy atom. The van der Waals surface area contributed by atoms with Crippen molar-refractivity contribution < 1.29 is 0 Å². The molecule has 0 fully saturated rings. The summed E-state index contributed by atoms with van der Waals surface area (Å²) in [5.74, 6) is 0. The molecule has 1 aliphatic rings. The van der Waals surface area contributed by atoms with Crippen molar-refractivity contribution in [2.45, 2.75) is 0 Å². The Kier molecular flexibility index (Phi) is 3.95. The van der Waals surface area contributed by atoms with Gasteiger partial charge in [0.05, 0.1) is 0 Å². The minimum absolute atomic E-state index is 0.114. The Balaban J connectivity index is 1.72. The van der Waals surface area contributed by atoms with Crippen LogP contribution in [0.1, 0.15) is 0 Å². The molecule has 0 N–H and O–H groups in total. The van der Waals surface area contributed by atoms with Crippen LogP contribution >= 0.6 is 0 Å². The Hall–Kier alpha value is -3.78. The van der Waals surface area contributed by atoms with Crippen molar-refractivity contribution in [1.82, 2.24) is 0 Å². The van der Waals surface area contributed by atoms with Crippen LogP contribution in [-0.4, -0.2) is 6.85 Å². The van der Waals surface area contributed by atoms with Gasteiger partial charge in [-0.25, -0.2) is 0 Å². The van der Waals surface area contributed by atoms with Crippen molar-refractivity contribution in [3.8, 4) is 11.1 Å². The average molecular weight is 381 g/mol. The van der Waals surface area contributed by atoms with Gasteiger partial charge < -0.3 is 4.81 Å². The first-order chi connectivity index (χ1) is 14.9. The fraction of sp³-hybridized carbons (Fsp3) is 0. The highest BCUT2D eigenvalue weighted by molar-refractivity contribution is 6.91. The van der Waals surface area contributed by atoms with Gasteiger partial charge in [0.1, 0.15) is 0 Å². The van der Waals surface area contributed by atoms with Crippen molar-refractivity contribution >= 4 is 39.9 Å². The molecular formula is C28H20BN. The average Bonchev–Trinajstić information content (AvgIpc) is 2.83. The molecule has 140 valence electrons. The molecule has 0 saturated heterocycles. The van der Waals surface area contributed by atoms with Gasteiger partial charge in [0, 0.05) is 16.9 Å². The summed E-state index contributed by atoms with van der Waals surface area (Å²) < 4.78 is 0. The predicted molar refractivity (Wildman–Crippen MR) is 129 cm³/mol. The van der Waals surface area contributed by atoms with E-state index < -0.39 is 0 Å². The summed E-state index contributed by atoms with van der Waals surface area (Å²) in [6.07, 6.45) is 0. The highest BCUT2D eigenvalue weighted by atomic mass is 15.1. The zero-order chi connectivity index (χ0) is 19.9. The molecule has 0 unspecified atom stereocenters. The van der Waals surface area contributed by atoms with Crippen LogP contribution < -0.4 is 15.7 Å². The van der Waals surface area contributed by atoms with Crippen LogP contribution in [0.25, 0.3) is 21.9 Å². The molecule has 1 nitrogen and oxygen atoms in total. The zero-order valence-electron chi connectivity index (χ0n) is 16.6. The van der Waals surface area contributed by atoms with Crippen molar-refractivity contribution in [3.05, 3.63) is 121 Å². The molecule has 30 heavy (non-hydrogen) atoms. The molecule has 0 bridgehead atoms. The van der Waals surface area contributed by atoms with Crippen LogP contribution in [0.15, 0.2) is 121 Å². The second kappa shape index (κ2) is 6.93. The number of nitrogens with zero attached hydrogens (tertiary/aromatic N) is 1. The van der Waals surface area contributed by atoms with Gasteiger partial charge in [-0.05, 0) is 46.1 Å². The summed E-state index contributed by atoms with van der Waals surface area (Å²) in [5.41, 5.74) is 7.72. The fourth-order valence-corrected chi connectivity index (χ4v) is 4.75. The number of hydrogen-bond acceptors (Lipinski definition) is 1. The van der Waals surface area contributed by atoms with Crippen molar-refractivity contribution in [2.75, 3.05) is 4.81 Å². The third-order valence-electron chi connectivity index (χ3n) is 6.07. The van der Waals surface area contributed by atoms with Crippen molar-refractivity contribution in [3.63, 3.8) is 0 Å². The molecular weight excluding hydrogens is 361 g/mol. The van der Waals surface area contributed by atoms with Gasteiger partial charge in [0.25, 0.3) is 0 Å². The molecule has 5 aromatic carbocycles. The monoisotopic (exact) mass is 381 g/mol. The largest absolute Gasteiger partial charge is 0.376 e. The standard InChI is InChI=1S/C28H20BN/c1-3-13-23(14-4-1)29-27-20-22-12-8-7-11-21(22)19-26(27)25-17-9-10-18-28(25)30(29)24-15-5-2-6-16-24/h1-20H. The summed E-state index contributed by atoms with van der Waals surface area (Å²) in [6, 6.07) is 43.8. The van der Waals surface area contributed by atoms with Gasteiger partial charge in [-0.2, -0.15) is 0 Å². The molecule has 1 aliphatic heterocycles. The number of para-hydroxylation sites is 2. The molecule has 2 heteroatoms. The van der Waals surface area contributed by atoms with Gasteiger partial charge >= 0.3 is 6.85 Å². The Morgan fingerprint density at radius 1 is 0.500 bits per heavy atom. The van der Waals surface area contributed by atoms with Crippen LogP contribution in [-0.2, 0) is 0 Å². The first kappa shape index (κ1) is 17.1. The van der Waals surface area contributed by atoms with E-state index in [9.17, 15) is 0 Å². The van der Waals surface area contributed by atoms with Gasteiger partial charge in [-0.15, -0.1) is 0 Å². The maximum absolute atomic E-state index is 2.49. The molecule has 0 aliphatic carbocycles. The summed E-state index contributed by atoms with van der Waals surface area (Å²) in [6.45, 7) is 0.114. The minimum atomic E-state index is 0.114. The summed E-state index contributed by atoms with van der Waals surface area (Å²) in [4.78, 5) is 2.49. The van der Waals surface area contributed by atoms with Crippen LogP contribution in [0.2, 0.25) is 0 Å². The highest BCUT2D eigenvalue weighted by Gasteiger charge is 2.36. The number of fused-ring (bicyclic) bond motifs is 4. The Labute approximate surface area is 177 Å². The number of rotatable bonds is 2. The molecule has 0 saturated carbocycles. The van der Waals surface area contributed by atoms with Gasteiger partial charge in [0.15, 0.2) is 0 Å². The van der Waals surface area contributed by atoms with Gasteiger partial charge in [-0.1, -0.05) is 103 Å². The first-order valence-electron chi connectivity index (χ1n) is 10.4. The van der Waals surface area contributed by atoms with Gasteiger partial charge in [0.2, 0.25) is 0 Å². The molecule has 0 aromatic heterocycles. The summed E-state index contributed by atoms with van der Waals surface area (Å²) >= 11 is 0. The number of benzene rings is 5. The van der Waals surface area contributed by atoms with Gasteiger partial charge in [-0.3, -0.25) is 0 Å². The molecule has 0 amide bonds. The van der Waals surface area contributed by atoms with Crippen molar-refractivity contribution in [2.24, 2.45) is 0 Å². The maximum Gasteiger partial charge on any atom is 0.328 e. The smallest absolute Gasteiger partial charge is 0.328 e. The molecule has 0 atom stereocenters. The summed E-state index contributed by atoms with van der Waals surface area (Å²) in [7, 11) is 0. The second-order valence-electron chi connectivity index (χ2n) is 7.82. The van der Waals surface area contributed by atoms with E-state index in [1.807, 2.05) is 0 Å². The molecule has 0 radical (unpaired) electrons. The normalized spacial score (nSPS) is 12.5. The number of anilines is 2. The molecule has 1 heterocycles. The number of hydrogen-bond donors (Lipinski definition) is 0. The van der Waals surface area contributed by atoms with Crippen LogP contribution in [0, 0.1) is 0 Å². The molecule has 5 aromatic rings. The Morgan fingerprint density at radius 3 is 1.87 bits per heavy atom. The first-order valence-corrected chi connectivity index (χ1v) is 10.4. The van der Waals surface area contributed by atoms with Crippen LogP contribution in [0.5, 0.6) is 0 Å². The van der Waals surface area contributed by atoms with Crippen molar-refractivity contribution in [1.29, 1.82) is 0 Å². The second-order valence-corrected chi connectivity index (χ2v) is 7.82. The van der Waals surface area contributed by atoms with E-state index in [0.29, 0.717) is 0 Å². The zero-order valence-corrected chi connectivity index (χ0v) is 16.6.